The topological polar surface area (TPSA) is 46.3 Å². The molecule has 1 aliphatic heterocycles. The molecule has 1 rings (SSSR count). The molecule has 0 aromatic carbocycles. The quantitative estimate of drug-likeness (QED) is 0.444. The first kappa shape index (κ1) is 7.10. The minimum atomic E-state index is -0.243. The summed E-state index contributed by atoms with van der Waals surface area (Å²) < 4.78 is 0. The molecule has 1 amide bonds. The summed E-state index contributed by atoms with van der Waals surface area (Å²) >= 11 is 0. The van der Waals surface area contributed by atoms with Crippen molar-refractivity contribution in [1.82, 2.24) is 4.90 Å². The Kier molecular flexibility index (Phi) is 1.93. The predicted octanol–water partition coefficient (Wildman–Crippen LogP) is -0.821. The molecule has 1 saturated heterocycles. The second kappa shape index (κ2) is 2.72. The van der Waals surface area contributed by atoms with Crippen LogP contribution < -0.4 is 5.73 Å². The Morgan fingerprint density at radius 3 is 2.90 bits per heavy atom. The molecule has 1 heterocycles. The van der Waals surface area contributed by atoms with Crippen molar-refractivity contribution in [3.05, 3.63) is 0 Å². The van der Waals surface area contributed by atoms with Crippen molar-refractivity contribution in [2.75, 3.05) is 13.1 Å². The van der Waals surface area contributed by atoms with E-state index in [4.69, 9.17) is 12.2 Å². The van der Waals surface area contributed by atoms with Gasteiger partial charge in [-0.05, 0) is 12.3 Å². The van der Waals surface area contributed by atoms with Crippen LogP contribution in [0, 0.1) is 12.3 Å². The van der Waals surface area contributed by atoms with Gasteiger partial charge in [-0.2, -0.15) is 0 Å². The molecule has 0 aromatic rings. The number of nitrogens with two attached hydrogens (primary N) is 1. The highest BCUT2D eigenvalue weighted by atomic mass is 16.2. The van der Waals surface area contributed by atoms with Crippen molar-refractivity contribution in [2.24, 2.45) is 5.73 Å². The predicted molar refractivity (Wildman–Crippen MR) is 38.0 cm³/mol. The van der Waals surface area contributed by atoms with E-state index in [1.54, 1.807) is 4.90 Å². The van der Waals surface area contributed by atoms with E-state index < -0.39 is 0 Å². The van der Waals surface area contributed by atoms with Crippen molar-refractivity contribution >= 4 is 5.91 Å². The van der Waals surface area contributed by atoms with Crippen molar-refractivity contribution < 1.29 is 4.79 Å². The van der Waals surface area contributed by atoms with Gasteiger partial charge in [0.1, 0.15) is 0 Å². The number of carbonyl (C=O) groups is 1. The fourth-order valence-electron chi connectivity index (χ4n) is 1.06. The first-order valence-electron chi connectivity index (χ1n) is 3.25. The molecule has 0 aliphatic carbocycles. The van der Waals surface area contributed by atoms with Crippen LogP contribution in [0.2, 0.25) is 0 Å². The van der Waals surface area contributed by atoms with Gasteiger partial charge in [0, 0.05) is 19.1 Å². The standard InChI is InChI=1S/C7H10N2O/c1-2-7(10)9-4-3-6(8)5-9/h1,6H,3-5,8H2/t6-/m0/s1. The summed E-state index contributed by atoms with van der Waals surface area (Å²) in [6.45, 7) is 1.33. The molecule has 1 atom stereocenters. The Balaban J connectivity index is 2.47. The van der Waals surface area contributed by atoms with E-state index >= 15 is 0 Å². The third-order valence-corrected chi connectivity index (χ3v) is 1.64. The van der Waals surface area contributed by atoms with E-state index in [0.29, 0.717) is 13.1 Å². The molecule has 0 bridgehead atoms. The molecule has 54 valence electrons. The second-order valence-electron chi connectivity index (χ2n) is 2.44. The van der Waals surface area contributed by atoms with Crippen molar-refractivity contribution in [3.63, 3.8) is 0 Å². The third-order valence-electron chi connectivity index (χ3n) is 1.64. The van der Waals surface area contributed by atoms with Gasteiger partial charge in [-0.3, -0.25) is 4.79 Å². The number of carbonyl (C=O) groups excluding carboxylic acids is 1. The Bertz CT molecular complexity index is 183. The maximum Gasteiger partial charge on any atom is 0.298 e. The lowest BCUT2D eigenvalue weighted by Gasteiger charge is -2.10. The number of hydrogen-bond acceptors (Lipinski definition) is 2. The Hall–Kier alpha value is -1.01. The zero-order valence-electron chi connectivity index (χ0n) is 5.71. The third kappa shape index (κ3) is 1.28. The van der Waals surface area contributed by atoms with Gasteiger partial charge in [0.15, 0.2) is 0 Å². The van der Waals surface area contributed by atoms with Crippen LogP contribution in [0.1, 0.15) is 6.42 Å². The van der Waals surface area contributed by atoms with Crippen molar-refractivity contribution in [3.8, 4) is 12.3 Å². The monoisotopic (exact) mass is 138 g/mol. The number of nitrogens with zero attached hydrogens (tertiary/aromatic N) is 1. The summed E-state index contributed by atoms with van der Waals surface area (Å²) in [5.41, 5.74) is 5.56. The van der Waals surface area contributed by atoms with Gasteiger partial charge in [0.25, 0.3) is 5.91 Å². The molecule has 10 heavy (non-hydrogen) atoms. The first-order chi connectivity index (χ1) is 4.74. The summed E-state index contributed by atoms with van der Waals surface area (Å²) in [5.74, 6) is 1.82. The summed E-state index contributed by atoms with van der Waals surface area (Å²) in [7, 11) is 0. The summed E-state index contributed by atoms with van der Waals surface area (Å²) in [6, 6.07) is 0.122. The van der Waals surface area contributed by atoms with Crippen LogP contribution in [0.3, 0.4) is 0 Å². The number of amides is 1. The van der Waals surface area contributed by atoms with Gasteiger partial charge >= 0.3 is 0 Å². The molecule has 0 spiro atoms. The maximum absolute atomic E-state index is 10.8. The largest absolute Gasteiger partial charge is 0.330 e. The maximum atomic E-state index is 10.8. The average molecular weight is 138 g/mol. The molecule has 1 fully saturated rings. The van der Waals surface area contributed by atoms with Crippen molar-refractivity contribution in [1.29, 1.82) is 0 Å². The first-order valence-corrected chi connectivity index (χ1v) is 3.25. The minimum absolute atomic E-state index is 0.122. The normalized spacial score (nSPS) is 24.4. The Labute approximate surface area is 60.2 Å². The zero-order chi connectivity index (χ0) is 7.56. The molecule has 0 saturated carbocycles. The molecule has 0 unspecified atom stereocenters. The van der Waals surface area contributed by atoms with Gasteiger partial charge < -0.3 is 10.6 Å². The Morgan fingerprint density at radius 1 is 1.80 bits per heavy atom. The summed E-state index contributed by atoms with van der Waals surface area (Å²) in [5, 5.41) is 0. The lowest BCUT2D eigenvalue weighted by atomic mass is 10.3. The number of rotatable bonds is 0. The molecule has 1 aliphatic rings. The van der Waals surface area contributed by atoms with E-state index in [0.717, 1.165) is 6.42 Å². The molecule has 3 nitrogen and oxygen atoms in total. The van der Waals surface area contributed by atoms with Crippen LogP contribution in [0.5, 0.6) is 0 Å². The lowest BCUT2D eigenvalue weighted by molar-refractivity contribution is -0.124. The molecule has 3 heteroatoms. The highest BCUT2D eigenvalue weighted by Crippen LogP contribution is 2.05. The van der Waals surface area contributed by atoms with Gasteiger partial charge in [-0.1, -0.05) is 0 Å². The zero-order valence-corrected chi connectivity index (χ0v) is 5.71. The fraction of sp³-hybridized carbons (Fsp3) is 0.571. The fourth-order valence-corrected chi connectivity index (χ4v) is 1.06. The molecular formula is C7H10N2O. The molecule has 0 radical (unpaired) electrons. The SMILES string of the molecule is C#CC(=O)N1CC[C@H](N)C1. The van der Waals surface area contributed by atoms with E-state index in [2.05, 4.69) is 5.92 Å². The van der Waals surface area contributed by atoms with Crippen LogP contribution >= 0.6 is 0 Å². The van der Waals surface area contributed by atoms with Gasteiger partial charge in [-0.25, -0.2) is 0 Å². The second-order valence-corrected chi connectivity index (χ2v) is 2.44. The van der Waals surface area contributed by atoms with Crippen molar-refractivity contribution in [2.45, 2.75) is 12.5 Å². The summed E-state index contributed by atoms with van der Waals surface area (Å²) in [4.78, 5) is 12.4. The number of terminal acetylenes is 1. The van der Waals surface area contributed by atoms with E-state index in [1.165, 1.54) is 0 Å². The smallest absolute Gasteiger partial charge is 0.298 e. The van der Waals surface area contributed by atoms with Crippen LogP contribution in [-0.4, -0.2) is 29.9 Å². The average Bonchev–Trinajstić information content (AvgIpc) is 2.34. The Morgan fingerprint density at radius 2 is 2.50 bits per heavy atom. The van der Waals surface area contributed by atoms with Crippen LogP contribution in [-0.2, 0) is 4.79 Å². The van der Waals surface area contributed by atoms with Gasteiger partial charge in [0.05, 0.1) is 0 Å². The minimum Gasteiger partial charge on any atom is -0.330 e. The van der Waals surface area contributed by atoms with Crippen LogP contribution in [0.15, 0.2) is 0 Å². The van der Waals surface area contributed by atoms with Crippen LogP contribution in [0.4, 0.5) is 0 Å². The highest BCUT2D eigenvalue weighted by Gasteiger charge is 2.21. The highest BCUT2D eigenvalue weighted by molar-refractivity contribution is 5.93. The van der Waals surface area contributed by atoms with E-state index in [1.807, 2.05) is 0 Å². The van der Waals surface area contributed by atoms with Crippen LogP contribution in [0.25, 0.3) is 0 Å². The molecular weight excluding hydrogens is 128 g/mol. The van der Waals surface area contributed by atoms with E-state index in [9.17, 15) is 4.79 Å². The molecule has 0 aromatic heterocycles. The van der Waals surface area contributed by atoms with Gasteiger partial charge in [0.2, 0.25) is 0 Å². The number of hydrogen-bond donors (Lipinski definition) is 1. The summed E-state index contributed by atoms with van der Waals surface area (Å²) in [6.07, 6.45) is 5.78. The van der Waals surface area contributed by atoms with E-state index in [-0.39, 0.29) is 11.9 Å². The number of likely N-dealkylation sites (tertiary alicyclic amines) is 1. The lowest BCUT2D eigenvalue weighted by Crippen LogP contribution is -2.30. The molecule has 2 N–H and O–H groups in total. The van der Waals surface area contributed by atoms with Gasteiger partial charge in [-0.15, -0.1) is 6.42 Å².